The fraction of sp³-hybridized carbons (Fsp3) is 0.550. The van der Waals surface area contributed by atoms with Crippen LogP contribution in [0.4, 0.5) is 24.1 Å². The number of ether oxygens (including phenoxy) is 1. The van der Waals surface area contributed by atoms with Gasteiger partial charge in [0, 0.05) is 25.2 Å². The maximum Gasteiger partial charge on any atom is 0.410 e. The zero-order valence-corrected chi connectivity index (χ0v) is 16.7. The van der Waals surface area contributed by atoms with E-state index in [1.807, 2.05) is 0 Å². The van der Waals surface area contributed by atoms with Crippen LogP contribution in [0.2, 0.25) is 0 Å². The Morgan fingerprint density at radius 3 is 2.38 bits per heavy atom. The number of rotatable bonds is 2. The highest BCUT2D eigenvalue weighted by molar-refractivity contribution is 6.05. The largest absolute Gasteiger partial charge is 0.444 e. The standard InChI is InChI=1S/C20H25F2N3O4/c1-19(2,3)29-18(28)24-10-8-15(20(21,22)12-24)13-4-6-14(7-5-13)25-11-9-16(26)23-17(25)27/h4-7,15H,8-12H2,1-3H3,(H,23,26,27). The average molecular weight is 409 g/mol. The number of nitrogens with one attached hydrogen (secondary N) is 1. The summed E-state index contributed by atoms with van der Waals surface area (Å²) in [5, 5.41) is 2.23. The molecule has 29 heavy (non-hydrogen) atoms. The maximum atomic E-state index is 14.8. The third-order valence-corrected chi connectivity index (χ3v) is 4.91. The Kier molecular flexibility index (Phi) is 5.51. The number of carbonyl (C=O) groups excluding carboxylic acids is 3. The summed E-state index contributed by atoms with van der Waals surface area (Å²) in [6, 6.07) is 5.81. The number of nitrogens with zero attached hydrogens (tertiary/aromatic N) is 2. The Balaban J connectivity index is 1.69. The molecule has 0 aromatic heterocycles. The number of amides is 4. The molecule has 9 heteroatoms. The van der Waals surface area contributed by atoms with Crippen molar-refractivity contribution < 1.29 is 27.9 Å². The van der Waals surface area contributed by atoms with Gasteiger partial charge in [0.15, 0.2) is 0 Å². The van der Waals surface area contributed by atoms with Gasteiger partial charge < -0.3 is 9.64 Å². The second-order valence-corrected chi connectivity index (χ2v) is 8.35. The summed E-state index contributed by atoms with van der Waals surface area (Å²) in [7, 11) is 0. The van der Waals surface area contributed by atoms with Crippen LogP contribution in [0.5, 0.6) is 0 Å². The van der Waals surface area contributed by atoms with Crippen molar-refractivity contribution in [2.75, 3.05) is 24.5 Å². The van der Waals surface area contributed by atoms with Crippen molar-refractivity contribution in [2.45, 2.75) is 51.1 Å². The van der Waals surface area contributed by atoms with E-state index in [0.717, 1.165) is 4.90 Å². The number of urea groups is 1. The number of halogens is 2. The molecule has 1 atom stereocenters. The quantitative estimate of drug-likeness (QED) is 0.811. The van der Waals surface area contributed by atoms with E-state index in [2.05, 4.69) is 5.32 Å². The van der Waals surface area contributed by atoms with Gasteiger partial charge in [-0.25, -0.2) is 18.4 Å². The zero-order valence-electron chi connectivity index (χ0n) is 16.7. The van der Waals surface area contributed by atoms with E-state index in [-0.39, 0.29) is 31.8 Å². The van der Waals surface area contributed by atoms with Crippen molar-refractivity contribution in [1.29, 1.82) is 0 Å². The summed E-state index contributed by atoms with van der Waals surface area (Å²) < 4.78 is 34.8. The van der Waals surface area contributed by atoms with Gasteiger partial charge in [0.25, 0.3) is 5.92 Å². The maximum absolute atomic E-state index is 14.8. The van der Waals surface area contributed by atoms with Gasteiger partial charge in [0.05, 0.1) is 12.5 Å². The lowest BCUT2D eigenvalue weighted by Gasteiger charge is -2.39. The van der Waals surface area contributed by atoms with Crippen molar-refractivity contribution in [3.63, 3.8) is 0 Å². The predicted molar refractivity (Wildman–Crippen MR) is 102 cm³/mol. The molecule has 2 aliphatic rings. The predicted octanol–water partition coefficient (Wildman–Crippen LogP) is 3.49. The first-order valence-electron chi connectivity index (χ1n) is 9.53. The molecule has 2 fully saturated rings. The molecule has 1 N–H and O–H groups in total. The van der Waals surface area contributed by atoms with Crippen LogP contribution in [0, 0.1) is 0 Å². The summed E-state index contributed by atoms with van der Waals surface area (Å²) in [4.78, 5) is 37.7. The Bertz CT molecular complexity index is 805. The van der Waals surface area contributed by atoms with Crippen molar-refractivity contribution in [1.82, 2.24) is 10.2 Å². The van der Waals surface area contributed by atoms with Gasteiger partial charge in [-0.15, -0.1) is 0 Å². The van der Waals surface area contributed by atoms with E-state index in [9.17, 15) is 23.2 Å². The fourth-order valence-corrected chi connectivity index (χ4v) is 3.53. The van der Waals surface area contributed by atoms with Crippen molar-refractivity contribution in [2.24, 2.45) is 0 Å². The molecule has 0 spiro atoms. The molecule has 3 rings (SSSR count). The number of benzene rings is 1. The normalized spacial score (nSPS) is 22.3. The Morgan fingerprint density at radius 2 is 1.83 bits per heavy atom. The van der Waals surface area contributed by atoms with Crippen LogP contribution in [-0.4, -0.2) is 54.1 Å². The van der Waals surface area contributed by atoms with E-state index in [1.165, 1.54) is 4.90 Å². The van der Waals surface area contributed by atoms with Crippen LogP contribution in [0.15, 0.2) is 24.3 Å². The first-order valence-corrected chi connectivity index (χ1v) is 9.53. The molecule has 158 valence electrons. The fourth-order valence-electron chi connectivity index (χ4n) is 3.53. The average Bonchev–Trinajstić information content (AvgIpc) is 2.60. The highest BCUT2D eigenvalue weighted by atomic mass is 19.3. The van der Waals surface area contributed by atoms with E-state index in [1.54, 1.807) is 45.0 Å². The van der Waals surface area contributed by atoms with E-state index in [0.29, 0.717) is 11.3 Å². The number of anilines is 1. The molecular weight excluding hydrogens is 384 g/mol. The minimum Gasteiger partial charge on any atom is -0.444 e. The molecule has 0 aliphatic carbocycles. The van der Waals surface area contributed by atoms with Gasteiger partial charge in [-0.1, -0.05) is 12.1 Å². The van der Waals surface area contributed by atoms with Crippen LogP contribution in [-0.2, 0) is 9.53 Å². The van der Waals surface area contributed by atoms with E-state index in [4.69, 9.17) is 4.74 Å². The summed E-state index contributed by atoms with van der Waals surface area (Å²) in [5.41, 5.74) is 0.231. The van der Waals surface area contributed by atoms with Gasteiger partial charge in [-0.05, 0) is 44.9 Å². The monoisotopic (exact) mass is 409 g/mol. The van der Waals surface area contributed by atoms with Crippen LogP contribution >= 0.6 is 0 Å². The first kappa shape index (κ1) is 21.0. The Hall–Kier alpha value is -2.71. The van der Waals surface area contributed by atoms with Gasteiger partial charge in [-0.2, -0.15) is 0 Å². The van der Waals surface area contributed by atoms with Crippen molar-refractivity contribution in [3.8, 4) is 0 Å². The molecule has 1 unspecified atom stereocenters. The van der Waals surface area contributed by atoms with Crippen LogP contribution < -0.4 is 10.2 Å². The molecule has 1 aromatic carbocycles. The molecule has 0 bridgehead atoms. The minimum atomic E-state index is -3.11. The molecule has 2 heterocycles. The Labute approximate surface area is 168 Å². The minimum absolute atomic E-state index is 0.101. The third-order valence-electron chi connectivity index (χ3n) is 4.91. The first-order chi connectivity index (χ1) is 13.5. The second kappa shape index (κ2) is 7.61. The lowest BCUT2D eigenvalue weighted by Crippen LogP contribution is -2.51. The van der Waals surface area contributed by atoms with Crippen LogP contribution in [0.1, 0.15) is 45.1 Å². The highest BCUT2D eigenvalue weighted by Crippen LogP contribution is 2.41. The molecule has 0 saturated carbocycles. The summed E-state index contributed by atoms with van der Waals surface area (Å²) >= 11 is 0. The van der Waals surface area contributed by atoms with Gasteiger partial charge in [0.1, 0.15) is 5.60 Å². The van der Waals surface area contributed by atoms with Crippen molar-refractivity contribution in [3.05, 3.63) is 29.8 Å². The van der Waals surface area contributed by atoms with E-state index >= 15 is 0 Å². The third kappa shape index (κ3) is 4.83. The van der Waals surface area contributed by atoms with Crippen LogP contribution in [0.3, 0.4) is 0 Å². The molecular formula is C20H25F2N3O4. The number of alkyl halides is 2. The summed E-state index contributed by atoms with van der Waals surface area (Å²) in [5.74, 6) is -4.47. The summed E-state index contributed by atoms with van der Waals surface area (Å²) in [6.07, 6.45) is -0.449. The van der Waals surface area contributed by atoms with Crippen molar-refractivity contribution >= 4 is 23.7 Å². The number of piperidine rings is 1. The number of hydrogen-bond donors (Lipinski definition) is 1. The molecule has 2 saturated heterocycles. The van der Waals surface area contributed by atoms with Crippen LogP contribution in [0.25, 0.3) is 0 Å². The van der Waals surface area contributed by atoms with Gasteiger partial charge >= 0.3 is 12.1 Å². The lowest BCUT2D eigenvalue weighted by atomic mass is 9.86. The molecule has 2 aliphatic heterocycles. The van der Waals surface area contributed by atoms with Gasteiger partial charge in [0.2, 0.25) is 5.91 Å². The SMILES string of the molecule is CC(C)(C)OC(=O)N1CCC(c2ccc(N3CCC(=O)NC3=O)cc2)C(F)(F)C1. The molecule has 4 amide bonds. The topological polar surface area (TPSA) is 79.0 Å². The molecule has 7 nitrogen and oxygen atoms in total. The number of hydrogen-bond acceptors (Lipinski definition) is 4. The second-order valence-electron chi connectivity index (χ2n) is 8.35. The summed E-state index contributed by atoms with van der Waals surface area (Å²) in [6.45, 7) is 4.79. The Morgan fingerprint density at radius 1 is 1.17 bits per heavy atom. The number of likely N-dealkylation sites (tertiary alicyclic amines) is 1. The van der Waals surface area contributed by atoms with E-state index < -0.39 is 36.1 Å². The molecule has 0 radical (unpaired) electrons. The zero-order chi connectivity index (χ0) is 21.4. The number of carbonyl (C=O) groups is 3. The molecule has 1 aromatic rings. The smallest absolute Gasteiger partial charge is 0.410 e. The number of imide groups is 1. The van der Waals surface area contributed by atoms with Gasteiger partial charge in [-0.3, -0.25) is 15.0 Å². The highest BCUT2D eigenvalue weighted by Gasteiger charge is 2.47. The lowest BCUT2D eigenvalue weighted by molar-refractivity contribution is -0.120.